The van der Waals surface area contributed by atoms with Crippen molar-refractivity contribution in [2.45, 2.75) is 43.7 Å². The van der Waals surface area contributed by atoms with E-state index in [9.17, 15) is 4.79 Å². The van der Waals surface area contributed by atoms with Crippen LogP contribution in [-0.2, 0) is 4.74 Å². The number of carbonyl (C=O) groups excluding carboxylic acids is 1. The van der Waals surface area contributed by atoms with Crippen LogP contribution < -0.4 is 11.1 Å². The van der Waals surface area contributed by atoms with Gasteiger partial charge in [0.2, 0.25) is 0 Å². The van der Waals surface area contributed by atoms with Crippen LogP contribution in [0.2, 0.25) is 0 Å². The molecule has 180 valence electrons. The van der Waals surface area contributed by atoms with Crippen LogP contribution in [0, 0.1) is 0 Å². The Bertz CT molecular complexity index is 1020. The summed E-state index contributed by atoms with van der Waals surface area (Å²) in [5.74, 6) is 0.0180. The van der Waals surface area contributed by atoms with Crippen LogP contribution in [0.15, 0.2) is 55.1 Å². The number of hydrogen-bond acceptors (Lipinski definition) is 5. The van der Waals surface area contributed by atoms with E-state index in [0.717, 1.165) is 74.2 Å². The molecule has 3 fully saturated rings. The predicted octanol–water partition coefficient (Wildman–Crippen LogP) is 3.69. The molecule has 0 aromatic heterocycles. The van der Waals surface area contributed by atoms with E-state index in [4.69, 9.17) is 10.5 Å². The zero-order chi connectivity index (χ0) is 23.5. The largest absolute Gasteiger partial charge is 0.369 e. The first-order valence-electron chi connectivity index (χ1n) is 12.5. The number of benzene rings is 2. The van der Waals surface area contributed by atoms with Crippen molar-refractivity contribution < 1.29 is 9.53 Å². The molecule has 1 saturated heterocycles. The summed E-state index contributed by atoms with van der Waals surface area (Å²) in [4.78, 5) is 17.1. The van der Waals surface area contributed by atoms with Gasteiger partial charge in [0.1, 0.15) is 0 Å². The van der Waals surface area contributed by atoms with Crippen LogP contribution in [0.3, 0.4) is 0 Å². The van der Waals surface area contributed by atoms with E-state index in [1.807, 2.05) is 18.2 Å². The minimum Gasteiger partial charge on any atom is -0.369 e. The summed E-state index contributed by atoms with van der Waals surface area (Å²) in [6.45, 7) is 9.50. The Balaban J connectivity index is 1.13. The van der Waals surface area contributed by atoms with E-state index < -0.39 is 0 Å². The van der Waals surface area contributed by atoms with Gasteiger partial charge in [-0.15, -0.1) is 0 Å². The summed E-state index contributed by atoms with van der Waals surface area (Å²) in [5.41, 5.74) is 11.2. The SMILES string of the molecule is C=C(c1ccc(-c2cccc(C(=O)NC3CC3)c2)cc1)N1CCN(COCC2(N)CCC2)CC1. The highest BCUT2D eigenvalue weighted by molar-refractivity contribution is 5.95. The topological polar surface area (TPSA) is 70.8 Å². The molecule has 2 saturated carbocycles. The molecule has 2 aliphatic carbocycles. The Morgan fingerprint density at radius 2 is 1.76 bits per heavy atom. The molecular formula is C28H36N4O2. The van der Waals surface area contributed by atoms with E-state index in [1.165, 1.54) is 6.42 Å². The van der Waals surface area contributed by atoms with Gasteiger partial charge in [-0.1, -0.05) is 43.0 Å². The van der Waals surface area contributed by atoms with Crippen molar-refractivity contribution in [2.75, 3.05) is 39.5 Å². The number of rotatable bonds is 9. The molecule has 0 spiro atoms. The van der Waals surface area contributed by atoms with Gasteiger partial charge in [0, 0.05) is 49.0 Å². The smallest absolute Gasteiger partial charge is 0.251 e. The van der Waals surface area contributed by atoms with Crippen molar-refractivity contribution in [3.05, 3.63) is 66.2 Å². The van der Waals surface area contributed by atoms with Crippen LogP contribution in [0.25, 0.3) is 16.8 Å². The van der Waals surface area contributed by atoms with Crippen molar-refractivity contribution in [2.24, 2.45) is 5.73 Å². The summed E-state index contributed by atoms with van der Waals surface area (Å²) in [7, 11) is 0. The lowest BCUT2D eigenvalue weighted by atomic mass is 9.78. The Hall–Kier alpha value is -2.67. The average Bonchev–Trinajstić information content (AvgIpc) is 3.67. The van der Waals surface area contributed by atoms with Crippen LogP contribution in [0.4, 0.5) is 0 Å². The van der Waals surface area contributed by atoms with Gasteiger partial charge in [0.15, 0.2) is 0 Å². The number of ether oxygens (including phenoxy) is 1. The molecule has 5 rings (SSSR count). The molecule has 1 heterocycles. The van der Waals surface area contributed by atoms with Crippen molar-refractivity contribution in [1.29, 1.82) is 0 Å². The second-order valence-electron chi connectivity index (χ2n) is 10.2. The summed E-state index contributed by atoms with van der Waals surface area (Å²) in [6, 6.07) is 16.7. The van der Waals surface area contributed by atoms with Crippen molar-refractivity contribution in [3.63, 3.8) is 0 Å². The molecule has 3 aliphatic rings. The fraction of sp³-hybridized carbons (Fsp3) is 0.464. The summed E-state index contributed by atoms with van der Waals surface area (Å²) < 4.78 is 5.90. The molecule has 34 heavy (non-hydrogen) atoms. The van der Waals surface area contributed by atoms with Gasteiger partial charge in [0.25, 0.3) is 5.91 Å². The number of nitrogens with two attached hydrogens (primary N) is 1. The van der Waals surface area contributed by atoms with Gasteiger partial charge in [-0.05, 0) is 60.9 Å². The molecule has 0 atom stereocenters. The molecular weight excluding hydrogens is 424 g/mol. The molecule has 2 aromatic carbocycles. The third-order valence-electron chi connectivity index (χ3n) is 7.36. The summed E-state index contributed by atoms with van der Waals surface area (Å²) in [5, 5.41) is 3.06. The Morgan fingerprint density at radius 3 is 2.41 bits per heavy atom. The van der Waals surface area contributed by atoms with Gasteiger partial charge in [-0.25, -0.2) is 0 Å². The third kappa shape index (κ3) is 5.52. The van der Waals surface area contributed by atoms with Crippen molar-refractivity contribution >= 4 is 11.6 Å². The molecule has 6 nitrogen and oxygen atoms in total. The molecule has 1 amide bonds. The molecule has 1 aliphatic heterocycles. The van der Waals surface area contributed by atoms with E-state index in [-0.39, 0.29) is 11.4 Å². The summed E-state index contributed by atoms with van der Waals surface area (Å²) in [6.07, 6.45) is 5.58. The highest BCUT2D eigenvalue weighted by Gasteiger charge is 2.33. The normalized spacial score (nSPS) is 20.0. The van der Waals surface area contributed by atoms with Crippen LogP contribution >= 0.6 is 0 Å². The minimum atomic E-state index is -0.0768. The first-order chi connectivity index (χ1) is 16.5. The van der Waals surface area contributed by atoms with Crippen LogP contribution in [-0.4, -0.2) is 66.8 Å². The maximum atomic E-state index is 12.4. The van der Waals surface area contributed by atoms with Crippen molar-refractivity contribution in [3.8, 4) is 11.1 Å². The highest BCUT2D eigenvalue weighted by atomic mass is 16.5. The first kappa shape index (κ1) is 23.1. The number of nitrogens with one attached hydrogen (secondary N) is 1. The quantitative estimate of drug-likeness (QED) is 0.597. The van der Waals surface area contributed by atoms with E-state index in [2.05, 4.69) is 52.0 Å². The fourth-order valence-corrected chi connectivity index (χ4v) is 4.67. The Kier molecular flexibility index (Phi) is 6.73. The van der Waals surface area contributed by atoms with E-state index >= 15 is 0 Å². The fourth-order valence-electron chi connectivity index (χ4n) is 4.67. The molecule has 0 unspecified atom stereocenters. The van der Waals surface area contributed by atoms with Crippen molar-refractivity contribution in [1.82, 2.24) is 15.1 Å². The predicted molar refractivity (Wildman–Crippen MR) is 136 cm³/mol. The lowest BCUT2D eigenvalue weighted by molar-refractivity contribution is -0.0242. The number of carbonyl (C=O) groups is 1. The molecule has 0 bridgehead atoms. The monoisotopic (exact) mass is 460 g/mol. The van der Waals surface area contributed by atoms with Gasteiger partial charge in [-0.3, -0.25) is 9.69 Å². The van der Waals surface area contributed by atoms with Gasteiger partial charge in [-0.2, -0.15) is 0 Å². The molecule has 3 N–H and O–H groups in total. The van der Waals surface area contributed by atoms with Gasteiger partial charge >= 0.3 is 0 Å². The second kappa shape index (κ2) is 9.90. The van der Waals surface area contributed by atoms with Gasteiger partial charge < -0.3 is 20.7 Å². The number of amides is 1. The van der Waals surface area contributed by atoms with E-state index in [1.54, 1.807) is 0 Å². The van der Waals surface area contributed by atoms with E-state index in [0.29, 0.717) is 24.9 Å². The zero-order valence-electron chi connectivity index (χ0n) is 20.0. The first-order valence-corrected chi connectivity index (χ1v) is 12.5. The Morgan fingerprint density at radius 1 is 1.03 bits per heavy atom. The lowest BCUT2D eigenvalue weighted by Crippen LogP contribution is -2.52. The molecule has 0 radical (unpaired) electrons. The average molecular weight is 461 g/mol. The lowest BCUT2D eigenvalue weighted by Gasteiger charge is -2.40. The standard InChI is InChI=1S/C28H36N4O2/c1-21(32-16-14-31(15-17-32)20-34-19-28(29)12-3-13-28)22-6-8-23(9-7-22)24-4-2-5-25(18-24)27(33)30-26-10-11-26/h2,4-9,18,26H,1,3,10-17,19-20,29H2,(H,30,33). The number of piperazine rings is 1. The maximum absolute atomic E-state index is 12.4. The van der Waals surface area contributed by atoms with Gasteiger partial charge in [0.05, 0.1) is 13.3 Å². The highest BCUT2D eigenvalue weighted by Crippen LogP contribution is 2.29. The van der Waals surface area contributed by atoms with Crippen LogP contribution in [0.1, 0.15) is 48.0 Å². The molecule has 2 aromatic rings. The summed E-state index contributed by atoms with van der Waals surface area (Å²) >= 11 is 0. The number of hydrogen-bond donors (Lipinski definition) is 2. The zero-order valence-corrected chi connectivity index (χ0v) is 20.0. The Labute approximate surface area is 202 Å². The maximum Gasteiger partial charge on any atom is 0.251 e. The third-order valence-corrected chi connectivity index (χ3v) is 7.36. The molecule has 6 heteroatoms. The van der Waals surface area contributed by atoms with Crippen LogP contribution in [0.5, 0.6) is 0 Å². The number of nitrogens with zero attached hydrogens (tertiary/aromatic N) is 2. The second-order valence-corrected chi connectivity index (χ2v) is 10.2. The minimum absolute atomic E-state index is 0.0180.